The molecular formula is C15H22N4O2. The predicted octanol–water partition coefficient (Wildman–Crippen LogP) is 1.99. The Morgan fingerprint density at radius 1 is 0.857 bits per heavy atom. The molecule has 2 aromatic rings. The Labute approximate surface area is 124 Å². The van der Waals surface area contributed by atoms with E-state index in [0.717, 1.165) is 68.6 Å². The number of hydrogen-bond acceptors (Lipinski definition) is 6. The summed E-state index contributed by atoms with van der Waals surface area (Å²) in [6.07, 6.45) is 1.15. The second-order valence-electron chi connectivity index (χ2n) is 5.78. The summed E-state index contributed by atoms with van der Waals surface area (Å²) in [5.74, 6) is 1.90. The molecule has 2 aromatic heterocycles. The van der Waals surface area contributed by atoms with Crippen molar-refractivity contribution in [1.82, 2.24) is 20.1 Å². The van der Waals surface area contributed by atoms with Crippen LogP contribution in [-0.2, 0) is 13.1 Å². The highest BCUT2D eigenvalue weighted by Crippen LogP contribution is 2.12. The van der Waals surface area contributed by atoms with Crippen molar-refractivity contribution in [3.05, 3.63) is 35.0 Å². The number of aryl methyl sites for hydroxylation is 2. The molecule has 114 valence electrons. The van der Waals surface area contributed by atoms with E-state index in [-0.39, 0.29) is 0 Å². The van der Waals surface area contributed by atoms with Gasteiger partial charge in [-0.05, 0) is 33.4 Å². The molecule has 0 radical (unpaired) electrons. The highest BCUT2D eigenvalue weighted by Gasteiger charge is 2.17. The molecule has 0 saturated carbocycles. The molecule has 0 atom stereocenters. The molecule has 0 N–H and O–H groups in total. The first-order valence-electron chi connectivity index (χ1n) is 7.48. The number of hydrogen-bond donors (Lipinski definition) is 0. The van der Waals surface area contributed by atoms with Gasteiger partial charge >= 0.3 is 0 Å². The molecule has 0 amide bonds. The Balaban J connectivity index is 1.51. The topological polar surface area (TPSA) is 58.5 Å². The van der Waals surface area contributed by atoms with Crippen molar-refractivity contribution in [2.45, 2.75) is 33.4 Å². The molecule has 1 saturated heterocycles. The molecule has 6 heteroatoms. The lowest BCUT2D eigenvalue weighted by atomic mass is 10.3. The van der Waals surface area contributed by atoms with Crippen LogP contribution in [0.1, 0.15) is 29.3 Å². The van der Waals surface area contributed by atoms with E-state index in [1.165, 1.54) is 0 Å². The van der Waals surface area contributed by atoms with Gasteiger partial charge in [0.15, 0.2) is 11.5 Å². The zero-order valence-electron chi connectivity index (χ0n) is 12.7. The highest BCUT2D eigenvalue weighted by molar-refractivity contribution is 5.04. The van der Waals surface area contributed by atoms with E-state index in [9.17, 15) is 0 Å². The largest absolute Gasteiger partial charge is 0.360 e. The number of aromatic nitrogens is 2. The molecule has 3 heterocycles. The molecule has 0 aromatic carbocycles. The van der Waals surface area contributed by atoms with Gasteiger partial charge < -0.3 is 9.05 Å². The average molecular weight is 290 g/mol. The van der Waals surface area contributed by atoms with Crippen molar-refractivity contribution in [2.75, 3.05) is 26.2 Å². The average Bonchev–Trinajstić information content (AvgIpc) is 2.96. The molecule has 0 spiro atoms. The van der Waals surface area contributed by atoms with Crippen LogP contribution < -0.4 is 0 Å². The maximum Gasteiger partial charge on any atom is 0.150 e. The van der Waals surface area contributed by atoms with Crippen LogP contribution in [0.3, 0.4) is 0 Å². The molecule has 21 heavy (non-hydrogen) atoms. The van der Waals surface area contributed by atoms with Crippen molar-refractivity contribution < 1.29 is 9.05 Å². The molecule has 0 aliphatic carbocycles. The Bertz CT molecular complexity index is 527. The summed E-state index contributed by atoms with van der Waals surface area (Å²) in [4.78, 5) is 4.84. The Morgan fingerprint density at radius 2 is 1.33 bits per heavy atom. The third-order valence-corrected chi connectivity index (χ3v) is 3.79. The van der Waals surface area contributed by atoms with Gasteiger partial charge in [-0.15, -0.1) is 0 Å². The smallest absolute Gasteiger partial charge is 0.150 e. The van der Waals surface area contributed by atoms with Gasteiger partial charge in [-0.2, -0.15) is 0 Å². The fourth-order valence-corrected chi connectivity index (χ4v) is 2.76. The molecule has 0 unspecified atom stereocenters. The van der Waals surface area contributed by atoms with Crippen molar-refractivity contribution in [2.24, 2.45) is 0 Å². The minimum atomic E-state index is 0.843. The van der Waals surface area contributed by atoms with Gasteiger partial charge in [0.25, 0.3) is 0 Å². The Kier molecular flexibility index (Phi) is 4.36. The first kappa shape index (κ1) is 14.3. The molecular weight excluding hydrogens is 268 g/mol. The molecule has 3 rings (SSSR count). The SMILES string of the molecule is Cc1cc(CN2CCCN(Cc3cc(C)no3)CC2)on1. The third-order valence-electron chi connectivity index (χ3n) is 3.79. The lowest BCUT2D eigenvalue weighted by Crippen LogP contribution is -2.30. The summed E-state index contributed by atoms with van der Waals surface area (Å²) in [7, 11) is 0. The molecule has 1 aliphatic heterocycles. The zero-order valence-corrected chi connectivity index (χ0v) is 12.7. The number of rotatable bonds is 4. The van der Waals surface area contributed by atoms with Gasteiger partial charge in [0.05, 0.1) is 24.5 Å². The van der Waals surface area contributed by atoms with Gasteiger partial charge in [0.2, 0.25) is 0 Å². The van der Waals surface area contributed by atoms with Crippen LogP contribution in [0.2, 0.25) is 0 Å². The standard InChI is InChI=1S/C15H22N4O2/c1-12-8-14(20-16-12)10-18-4-3-5-19(7-6-18)11-15-9-13(2)17-21-15/h8-9H,3-7,10-11H2,1-2H3. The first-order valence-corrected chi connectivity index (χ1v) is 7.48. The minimum absolute atomic E-state index is 0.843. The zero-order chi connectivity index (χ0) is 14.7. The fraction of sp³-hybridized carbons (Fsp3) is 0.600. The summed E-state index contributed by atoms with van der Waals surface area (Å²) < 4.78 is 10.6. The first-order chi connectivity index (χ1) is 10.2. The van der Waals surface area contributed by atoms with Crippen LogP contribution in [0.4, 0.5) is 0 Å². The van der Waals surface area contributed by atoms with E-state index in [1.54, 1.807) is 0 Å². The maximum atomic E-state index is 5.30. The van der Waals surface area contributed by atoms with E-state index in [4.69, 9.17) is 9.05 Å². The van der Waals surface area contributed by atoms with E-state index in [2.05, 4.69) is 20.1 Å². The van der Waals surface area contributed by atoms with Gasteiger partial charge in [0, 0.05) is 25.2 Å². The van der Waals surface area contributed by atoms with Crippen LogP contribution in [0.15, 0.2) is 21.2 Å². The number of nitrogens with zero attached hydrogens (tertiary/aromatic N) is 4. The van der Waals surface area contributed by atoms with Crippen LogP contribution in [0.5, 0.6) is 0 Å². The van der Waals surface area contributed by atoms with Crippen molar-refractivity contribution in [3.8, 4) is 0 Å². The highest BCUT2D eigenvalue weighted by atomic mass is 16.5. The van der Waals surface area contributed by atoms with Gasteiger partial charge in [-0.1, -0.05) is 10.3 Å². The third kappa shape index (κ3) is 3.92. The monoisotopic (exact) mass is 290 g/mol. The quantitative estimate of drug-likeness (QED) is 0.858. The summed E-state index contributed by atoms with van der Waals surface area (Å²) in [6.45, 7) is 9.84. The van der Waals surface area contributed by atoms with Crippen LogP contribution in [0.25, 0.3) is 0 Å². The van der Waals surface area contributed by atoms with Crippen molar-refractivity contribution in [3.63, 3.8) is 0 Å². The molecule has 1 aliphatic rings. The Hall–Kier alpha value is -1.66. The van der Waals surface area contributed by atoms with Gasteiger partial charge in [0.1, 0.15) is 0 Å². The molecule has 6 nitrogen and oxygen atoms in total. The van der Waals surface area contributed by atoms with E-state index < -0.39 is 0 Å². The van der Waals surface area contributed by atoms with Gasteiger partial charge in [-0.3, -0.25) is 9.80 Å². The van der Waals surface area contributed by atoms with E-state index >= 15 is 0 Å². The van der Waals surface area contributed by atoms with E-state index in [1.807, 2.05) is 26.0 Å². The van der Waals surface area contributed by atoms with Crippen LogP contribution in [-0.4, -0.2) is 46.3 Å². The fourth-order valence-electron chi connectivity index (χ4n) is 2.76. The normalized spacial score (nSPS) is 18.0. The lowest BCUT2D eigenvalue weighted by Gasteiger charge is -2.19. The summed E-state index contributed by atoms with van der Waals surface area (Å²) in [5, 5.41) is 7.89. The van der Waals surface area contributed by atoms with Crippen LogP contribution >= 0.6 is 0 Å². The van der Waals surface area contributed by atoms with Crippen LogP contribution in [0, 0.1) is 13.8 Å². The van der Waals surface area contributed by atoms with Gasteiger partial charge in [-0.25, -0.2) is 0 Å². The summed E-state index contributed by atoms with van der Waals surface area (Å²) >= 11 is 0. The lowest BCUT2D eigenvalue weighted by molar-refractivity contribution is 0.214. The maximum absolute atomic E-state index is 5.30. The molecule has 1 fully saturated rings. The Morgan fingerprint density at radius 3 is 1.71 bits per heavy atom. The molecule has 0 bridgehead atoms. The predicted molar refractivity (Wildman–Crippen MR) is 77.7 cm³/mol. The van der Waals surface area contributed by atoms with Crippen molar-refractivity contribution in [1.29, 1.82) is 0 Å². The second-order valence-corrected chi connectivity index (χ2v) is 5.78. The summed E-state index contributed by atoms with van der Waals surface area (Å²) in [5.41, 5.74) is 1.89. The minimum Gasteiger partial charge on any atom is -0.360 e. The second kappa shape index (κ2) is 6.41. The summed E-state index contributed by atoms with van der Waals surface area (Å²) in [6, 6.07) is 4.03. The van der Waals surface area contributed by atoms with Crippen molar-refractivity contribution >= 4 is 0 Å². The van der Waals surface area contributed by atoms with E-state index in [0.29, 0.717) is 0 Å².